The van der Waals surface area contributed by atoms with Gasteiger partial charge in [-0.1, -0.05) is 6.07 Å². The normalized spacial score (nSPS) is 10.6. The standard InChI is InChI=1S/C16H16N6O2/c1-10-7-15(23)14(9-21(10)3)16(24)17-12-5-4-6-13(8-12)22-11(2)18-19-20-22/h4-9H,1-3H3,(H,17,24). The van der Waals surface area contributed by atoms with Crippen LogP contribution >= 0.6 is 0 Å². The van der Waals surface area contributed by atoms with E-state index in [9.17, 15) is 9.59 Å². The average molecular weight is 324 g/mol. The van der Waals surface area contributed by atoms with E-state index in [1.165, 1.54) is 12.3 Å². The third kappa shape index (κ3) is 2.94. The molecular formula is C16H16N6O2. The molecule has 0 aliphatic carbocycles. The Morgan fingerprint density at radius 1 is 1.21 bits per heavy atom. The predicted octanol–water partition coefficient (Wildman–Crippen LogP) is 1.23. The monoisotopic (exact) mass is 324 g/mol. The van der Waals surface area contributed by atoms with Gasteiger partial charge in [0.2, 0.25) is 0 Å². The number of rotatable bonds is 3. The number of hydrogen-bond donors (Lipinski definition) is 1. The number of carbonyl (C=O) groups is 1. The van der Waals surface area contributed by atoms with Crippen LogP contribution in [0, 0.1) is 13.8 Å². The van der Waals surface area contributed by atoms with Gasteiger partial charge >= 0.3 is 0 Å². The summed E-state index contributed by atoms with van der Waals surface area (Å²) in [5.74, 6) is 0.173. The lowest BCUT2D eigenvalue weighted by molar-refractivity contribution is 0.102. The van der Waals surface area contributed by atoms with Crippen LogP contribution in [-0.2, 0) is 7.05 Å². The Hall–Kier alpha value is -3.29. The molecule has 2 aromatic heterocycles. The number of aromatic nitrogens is 5. The molecule has 0 saturated carbocycles. The van der Waals surface area contributed by atoms with Gasteiger partial charge < -0.3 is 9.88 Å². The summed E-state index contributed by atoms with van der Waals surface area (Å²) in [7, 11) is 1.78. The van der Waals surface area contributed by atoms with Gasteiger partial charge in [0.1, 0.15) is 5.56 Å². The van der Waals surface area contributed by atoms with Crippen molar-refractivity contribution in [3.63, 3.8) is 0 Å². The van der Waals surface area contributed by atoms with E-state index in [2.05, 4.69) is 20.8 Å². The Kier molecular flexibility index (Phi) is 3.95. The van der Waals surface area contributed by atoms with Gasteiger partial charge in [-0.15, -0.1) is 5.10 Å². The van der Waals surface area contributed by atoms with Gasteiger partial charge in [-0.25, -0.2) is 0 Å². The van der Waals surface area contributed by atoms with E-state index in [0.717, 1.165) is 5.69 Å². The number of carbonyl (C=O) groups excluding carboxylic acids is 1. The first-order valence-corrected chi connectivity index (χ1v) is 7.30. The molecule has 3 aromatic rings. The molecule has 1 amide bonds. The highest BCUT2D eigenvalue weighted by atomic mass is 16.2. The second kappa shape index (κ2) is 6.07. The van der Waals surface area contributed by atoms with E-state index in [1.807, 2.05) is 6.07 Å². The molecule has 8 heteroatoms. The van der Waals surface area contributed by atoms with E-state index < -0.39 is 5.91 Å². The van der Waals surface area contributed by atoms with Crippen molar-refractivity contribution >= 4 is 11.6 Å². The SMILES string of the molecule is Cc1cc(=O)c(C(=O)Nc2cccc(-n3nnnc3C)c2)cn1C. The molecule has 1 N–H and O–H groups in total. The zero-order valence-electron chi connectivity index (χ0n) is 13.5. The topological polar surface area (TPSA) is 94.7 Å². The minimum atomic E-state index is -0.457. The molecule has 1 aromatic carbocycles. The Morgan fingerprint density at radius 3 is 2.71 bits per heavy atom. The van der Waals surface area contributed by atoms with Crippen molar-refractivity contribution in [3.8, 4) is 5.69 Å². The van der Waals surface area contributed by atoms with Crippen LogP contribution in [-0.4, -0.2) is 30.7 Å². The minimum Gasteiger partial charge on any atom is -0.354 e. The summed E-state index contributed by atoms with van der Waals surface area (Å²) < 4.78 is 3.29. The summed E-state index contributed by atoms with van der Waals surface area (Å²) in [6, 6.07) is 8.51. The lowest BCUT2D eigenvalue weighted by Crippen LogP contribution is -2.23. The third-order valence-electron chi connectivity index (χ3n) is 3.70. The molecule has 0 aliphatic rings. The number of tetrazole rings is 1. The fourth-order valence-corrected chi connectivity index (χ4v) is 2.28. The Balaban J connectivity index is 1.89. The maximum Gasteiger partial charge on any atom is 0.261 e. The molecular weight excluding hydrogens is 308 g/mol. The first-order valence-electron chi connectivity index (χ1n) is 7.30. The second-order valence-electron chi connectivity index (χ2n) is 5.45. The van der Waals surface area contributed by atoms with Crippen molar-refractivity contribution in [3.05, 3.63) is 63.8 Å². The van der Waals surface area contributed by atoms with Crippen molar-refractivity contribution in [2.45, 2.75) is 13.8 Å². The van der Waals surface area contributed by atoms with Crippen molar-refractivity contribution in [1.82, 2.24) is 24.8 Å². The van der Waals surface area contributed by atoms with Gasteiger partial charge in [0.25, 0.3) is 5.91 Å². The Bertz CT molecular complexity index is 973. The van der Waals surface area contributed by atoms with E-state index in [4.69, 9.17) is 0 Å². The average Bonchev–Trinajstić information content (AvgIpc) is 2.97. The van der Waals surface area contributed by atoms with Crippen molar-refractivity contribution in [1.29, 1.82) is 0 Å². The smallest absolute Gasteiger partial charge is 0.261 e. The van der Waals surface area contributed by atoms with Gasteiger partial charge in [-0.2, -0.15) is 4.68 Å². The van der Waals surface area contributed by atoms with Crippen molar-refractivity contribution in [2.24, 2.45) is 7.05 Å². The van der Waals surface area contributed by atoms with Gasteiger partial charge in [0.05, 0.1) is 5.69 Å². The van der Waals surface area contributed by atoms with Crippen LogP contribution in [0.1, 0.15) is 21.9 Å². The summed E-state index contributed by atoms with van der Waals surface area (Å²) >= 11 is 0. The molecule has 0 atom stereocenters. The molecule has 8 nitrogen and oxygen atoms in total. The second-order valence-corrected chi connectivity index (χ2v) is 5.45. The van der Waals surface area contributed by atoms with Crippen LogP contribution in [0.5, 0.6) is 0 Å². The number of aryl methyl sites for hydroxylation is 3. The first-order chi connectivity index (χ1) is 11.5. The minimum absolute atomic E-state index is 0.0899. The lowest BCUT2D eigenvalue weighted by atomic mass is 10.2. The van der Waals surface area contributed by atoms with Crippen LogP contribution < -0.4 is 10.7 Å². The summed E-state index contributed by atoms with van der Waals surface area (Å²) in [5.41, 5.74) is 1.83. The number of nitrogens with zero attached hydrogens (tertiary/aromatic N) is 5. The molecule has 0 spiro atoms. The molecule has 24 heavy (non-hydrogen) atoms. The van der Waals surface area contributed by atoms with Crippen LogP contribution in [0.25, 0.3) is 5.69 Å². The van der Waals surface area contributed by atoms with E-state index >= 15 is 0 Å². The van der Waals surface area contributed by atoms with Crippen LogP contribution in [0.3, 0.4) is 0 Å². The molecule has 0 radical (unpaired) electrons. The van der Waals surface area contributed by atoms with Gasteiger partial charge in [0.15, 0.2) is 11.3 Å². The fraction of sp³-hybridized carbons (Fsp3) is 0.188. The number of amides is 1. The van der Waals surface area contributed by atoms with E-state index in [1.54, 1.807) is 48.3 Å². The maximum absolute atomic E-state index is 12.4. The van der Waals surface area contributed by atoms with Gasteiger partial charge in [-0.3, -0.25) is 9.59 Å². The number of hydrogen-bond acceptors (Lipinski definition) is 5. The molecule has 3 rings (SSSR count). The number of pyridine rings is 1. The summed E-state index contributed by atoms with van der Waals surface area (Å²) in [4.78, 5) is 24.4. The van der Waals surface area contributed by atoms with E-state index in [-0.39, 0.29) is 11.0 Å². The number of benzene rings is 1. The fourth-order valence-electron chi connectivity index (χ4n) is 2.28. The quantitative estimate of drug-likeness (QED) is 0.782. The molecule has 0 fully saturated rings. The molecule has 0 saturated heterocycles. The zero-order valence-corrected chi connectivity index (χ0v) is 13.5. The largest absolute Gasteiger partial charge is 0.354 e. The zero-order chi connectivity index (χ0) is 17.3. The molecule has 0 aliphatic heterocycles. The highest BCUT2D eigenvalue weighted by Crippen LogP contribution is 2.15. The van der Waals surface area contributed by atoms with Gasteiger partial charge in [0, 0.05) is 30.7 Å². The van der Waals surface area contributed by atoms with E-state index in [0.29, 0.717) is 17.2 Å². The summed E-state index contributed by atoms with van der Waals surface area (Å²) in [6.45, 7) is 3.59. The van der Waals surface area contributed by atoms with Crippen LogP contribution in [0.15, 0.2) is 41.3 Å². The van der Waals surface area contributed by atoms with Crippen LogP contribution in [0.4, 0.5) is 5.69 Å². The van der Waals surface area contributed by atoms with Crippen molar-refractivity contribution < 1.29 is 4.79 Å². The summed E-state index contributed by atoms with van der Waals surface area (Å²) in [6.07, 6.45) is 1.53. The number of nitrogens with one attached hydrogen (secondary N) is 1. The Labute approximate surface area is 137 Å². The highest BCUT2D eigenvalue weighted by Gasteiger charge is 2.12. The van der Waals surface area contributed by atoms with Crippen LogP contribution in [0.2, 0.25) is 0 Å². The first kappa shape index (κ1) is 15.6. The number of anilines is 1. The molecule has 122 valence electrons. The predicted molar refractivity (Wildman–Crippen MR) is 88.3 cm³/mol. The molecule has 2 heterocycles. The van der Waals surface area contributed by atoms with Gasteiger partial charge in [-0.05, 0) is 42.5 Å². The molecule has 0 bridgehead atoms. The Morgan fingerprint density at radius 2 is 2.00 bits per heavy atom. The third-order valence-corrected chi connectivity index (χ3v) is 3.70. The molecule has 0 unspecified atom stereocenters. The maximum atomic E-state index is 12.4. The highest BCUT2D eigenvalue weighted by molar-refractivity contribution is 6.04. The lowest BCUT2D eigenvalue weighted by Gasteiger charge is -2.09. The summed E-state index contributed by atoms with van der Waals surface area (Å²) in [5, 5.41) is 14.1. The van der Waals surface area contributed by atoms with Crippen molar-refractivity contribution in [2.75, 3.05) is 5.32 Å².